The molecular formula is C17H19NO3. The molecule has 0 radical (unpaired) electrons. The lowest BCUT2D eigenvalue weighted by Gasteiger charge is -2.14. The second-order valence-electron chi connectivity index (χ2n) is 4.87. The summed E-state index contributed by atoms with van der Waals surface area (Å²) in [5.41, 5.74) is 1.44. The van der Waals surface area contributed by atoms with Crippen LogP contribution in [0.2, 0.25) is 0 Å². The molecule has 0 aliphatic carbocycles. The van der Waals surface area contributed by atoms with E-state index in [-0.39, 0.29) is 18.4 Å². The molecule has 0 heterocycles. The molecule has 4 heteroatoms. The number of benzene rings is 2. The molecule has 0 saturated heterocycles. The number of aliphatic hydroxyl groups excluding tert-OH is 1. The lowest BCUT2D eigenvalue weighted by atomic mass is 10.1. The first-order chi connectivity index (χ1) is 10.2. The van der Waals surface area contributed by atoms with Gasteiger partial charge in [0.2, 0.25) is 5.91 Å². The van der Waals surface area contributed by atoms with Crippen LogP contribution in [0, 0.1) is 5.92 Å². The van der Waals surface area contributed by atoms with E-state index in [9.17, 15) is 4.79 Å². The molecule has 0 fully saturated rings. The van der Waals surface area contributed by atoms with Gasteiger partial charge in [0.05, 0.1) is 19.1 Å². The van der Waals surface area contributed by atoms with Gasteiger partial charge < -0.3 is 15.2 Å². The summed E-state index contributed by atoms with van der Waals surface area (Å²) in [6, 6.07) is 16.6. The molecule has 21 heavy (non-hydrogen) atoms. The van der Waals surface area contributed by atoms with Crippen molar-refractivity contribution in [3.05, 3.63) is 60.2 Å². The molecule has 4 nitrogen and oxygen atoms in total. The van der Waals surface area contributed by atoms with Crippen molar-refractivity contribution in [2.45, 2.75) is 13.5 Å². The van der Waals surface area contributed by atoms with Crippen LogP contribution in [0.15, 0.2) is 54.6 Å². The number of hydrogen-bond acceptors (Lipinski definition) is 3. The van der Waals surface area contributed by atoms with Gasteiger partial charge in [-0.3, -0.25) is 4.79 Å². The number of anilines is 1. The van der Waals surface area contributed by atoms with Crippen molar-refractivity contribution >= 4 is 11.6 Å². The van der Waals surface area contributed by atoms with E-state index < -0.39 is 0 Å². The smallest absolute Gasteiger partial charge is 0.230 e. The number of aliphatic hydroxyl groups is 1. The molecule has 0 aliphatic heterocycles. The molecule has 0 spiro atoms. The molecule has 2 rings (SSSR count). The maximum atomic E-state index is 12.1. The van der Waals surface area contributed by atoms with Crippen molar-refractivity contribution in [1.29, 1.82) is 0 Å². The quantitative estimate of drug-likeness (QED) is 0.858. The highest BCUT2D eigenvalue weighted by Gasteiger charge is 2.14. The van der Waals surface area contributed by atoms with Crippen molar-refractivity contribution in [3.63, 3.8) is 0 Å². The first-order valence-electron chi connectivity index (χ1n) is 6.87. The number of carbonyl (C=O) groups excluding carboxylic acids is 1. The van der Waals surface area contributed by atoms with Crippen molar-refractivity contribution in [2.24, 2.45) is 5.92 Å². The summed E-state index contributed by atoms with van der Waals surface area (Å²) in [6.07, 6.45) is 0. The summed E-state index contributed by atoms with van der Waals surface area (Å²) >= 11 is 0. The molecular weight excluding hydrogens is 266 g/mol. The van der Waals surface area contributed by atoms with Crippen LogP contribution in [0.5, 0.6) is 5.75 Å². The van der Waals surface area contributed by atoms with Crippen LogP contribution in [0.4, 0.5) is 5.69 Å². The third-order valence-corrected chi connectivity index (χ3v) is 3.07. The van der Waals surface area contributed by atoms with Crippen molar-refractivity contribution in [1.82, 2.24) is 0 Å². The Morgan fingerprint density at radius 3 is 2.67 bits per heavy atom. The average Bonchev–Trinajstić information content (AvgIpc) is 2.53. The highest BCUT2D eigenvalue weighted by molar-refractivity contribution is 5.92. The van der Waals surface area contributed by atoms with Crippen LogP contribution < -0.4 is 10.1 Å². The van der Waals surface area contributed by atoms with E-state index >= 15 is 0 Å². The SMILES string of the molecule is CC(COc1ccccc1)C(=O)Nc1cccc(CO)c1. The van der Waals surface area contributed by atoms with Gasteiger partial charge >= 0.3 is 0 Å². The minimum Gasteiger partial charge on any atom is -0.493 e. The molecule has 2 aromatic carbocycles. The summed E-state index contributed by atoms with van der Waals surface area (Å²) in [4.78, 5) is 12.1. The van der Waals surface area contributed by atoms with Crippen LogP contribution in [0.25, 0.3) is 0 Å². The summed E-state index contributed by atoms with van der Waals surface area (Å²) in [7, 11) is 0. The van der Waals surface area contributed by atoms with Gasteiger partial charge in [-0.25, -0.2) is 0 Å². The predicted octanol–water partition coefficient (Wildman–Crippen LogP) is 2.83. The minimum atomic E-state index is -0.275. The second-order valence-corrected chi connectivity index (χ2v) is 4.87. The van der Waals surface area contributed by atoms with Gasteiger partial charge in [-0.15, -0.1) is 0 Å². The maximum absolute atomic E-state index is 12.1. The molecule has 1 unspecified atom stereocenters. The number of hydrogen-bond donors (Lipinski definition) is 2. The van der Waals surface area contributed by atoms with E-state index in [1.54, 1.807) is 24.3 Å². The number of ether oxygens (including phenoxy) is 1. The number of rotatable bonds is 6. The van der Waals surface area contributed by atoms with Gasteiger partial charge in [-0.1, -0.05) is 37.3 Å². The highest BCUT2D eigenvalue weighted by Crippen LogP contribution is 2.14. The number of carbonyl (C=O) groups is 1. The maximum Gasteiger partial charge on any atom is 0.230 e. The Morgan fingerprint density at radius 2 is 1.95 bits per heavy atom. The lowest BCUT2D eigenvalue weighted by molar-refractivity contribution is -0.120. The van der Waals surface area contributed by atoms with Crippen molar-refractivity contribution in [2.75, 3.05) is 11.9 Å². The molecule has 110 valence electrons. The molecule has 0 aromatic heterocycles. The van der Waals surface area contributed by atoms with E-state index in [0.29, 0.717) is 12.3 Å². The fraction of sp³-hybridized carbons (Fsp3) is 0.235. The zero-order valence-corrected chi connectivity index (χ0v) is 12.0. The lowest BCUT2D eigenvalue weighted by Crippen LogP contribution is -2.25. The number of para-hydroxylation sites is 1. The number of nitrogens with one attached hydrogen (secondary N) is 1. The molecule has 0 bridgehead atoms. The predicted molar refractivity (Wildman–Crippen MR) is 82.1 cm³/mol. The van der Waals surface area contributed by atoms with Gasteiger partial charge in [0, 0.05) is 5.69 Å². The third kappa shape index (κ3) is 4.61. The van der Waals surface area contributed by atoms with E-state index in [1.807, 2.05) is 37.3 Å². The van der Waals surface area contributed by atoms with Crippen LogP contribution in [-0.4, -0.2) is 17.6 Å². The molecule has 1 amide bonds. The Hall–Kier alpha value is -2.33. The zero-order valence-electron chi connectivity index (χ0n) is 12.0. The fourth-order valence-corrected chi connectivity index (χ4v) is 1.83. The Balaban J connectivity index is 1.87. The van der Waals surface area contributed by atoms with E-state index in [4.69, 9.17) is 9.84 Å². The van der Waals surface area contributed by atoms with E-state index in [0.717, 1.165) is 11.3 Å². The van der Waals surface area contributed by atoms with E-state index in [2.05, 4.69) is 5.32 Å². The standard InChI is InChI=1S/C17H19NO3/c1-13(12-21-16-8-3-2-4-9-16)17(20)18-15-7-5-6-14(10-15)11-19/h2-10,13,19H,11-12H2,1H3,(H,18,20). The zero-order chi connectivity index (χ0) is 15.1. The fourth-order valence-electron chi connectivity index (χ4n) is 1.83. The average molecular weight is 285 g/mol. The Kier molecular flexibility index (Phi) is 5.35. The first-order valence-corrected chi connectivity index (χ1v) is 6.87. The van der Waals surface area contributed by atoms with Crippen molar-refractivity contribution in [3.8, 4) is 5.75 Å². The van der Waals surface area contributed by atoms with Crippen LogP contribution in [-0.2, 0) is 11.4 Å². The Morgan fingerprint density at radius 1 is 1.19 bits per heavy atom. The van der Waals surface area contributed by atoms with Gasteiger partial charge in [-0.2, -0.15) is 0 Å². The monoisotopic (exact) mass is 285 g/mol. The normalized spacial score (nSPS) is 11.7. The Labute approximate surface area is 124 Å². The summed E-state index contributed by atoms with van der Waals surface area (Å²) < 4.78 is 5.57. The summed E-state index contributed by atoms with van der Waals surface area (Å²) in [5, 5.41) is 11.9. The topological polar surface area (TPSA) is 58.6 Å². The number of amides is 1. The summed E-state index contributed by atoms with van der Waals surface area (Å²) in [5.74, 6) is 0.364. The first kappa shape index (κ1) is 15.1. The molecule has 0 aliphatic rings. The molecule has 2 aromatic rings. The van der Waals surface area contributed by atoms with Crippen LogP contribution >= 0.6 is 0 Å². The van der Waals surface area contributed by atoms with Gasteiger partial charge in [0.25, 0.3) is 0 Å². The Bertz CT molecular complexity index is 584. The highest BCUT2D eigenvalue weighted by atomic mass is 16.5. The minimum absolute atomic E-state index is 0.0453. The third-order valence-electron chi connectivity index (χ3n) is 3.07. The van der Waals surface area contributed by atoms with Crippen molar-refractivity contribution < 1.29 is 14.6 Å². The molecule has 0 saturated carbocycles. The second kappa shape index (κ2) is 7.45. The molecule has 1 atom stereocenters. The molecule has 2 N–H and O–H groups in total. The van der Waals surface area contributed by atoms with Gasteiger partial charge in [-0.05, 0) is 29.8 Å². The van der Waals surface area contributed by atoms with Gasteiger partial charge in [0.1, 0.15) is 5.75 Å². The van der Waals surface area contributed by atoms with Crippen LogP contribution in [0.3, 0.4) is 0 Å². The van der Waals surface area contributed by atoms with Crippen LogP contribution in [0.1, 0.15) is 12.5 Å². The van der Waals surface area contributed by atoms with Gasteiger partial charge in [0.15, 0.2) is 0 Å². The largest absolute Gasteiger partial charge is 0.493 e. The summed E-state index contributed by atoms with van der Waals surface area (Å²) in [6.45, 7) is 2.08. The van der Waals surface area contributed by atoms with E-state index in [1.165, 1.54) is 0 Å².